The molecule has 120 valence electrons. The highest BCUT2D eigenvalue weighted by molar-refractivity contribution is 8.00. The first kappa shape index (κ1) is 15.4. The molecular weight excluding hydrogens is 320 g/mol. The van der Waals surface area contributed by atoms with Gasteiger partial charge >= 0.3 is 5.97 Å². The van der Waals surface area contributed by atoms with Gasteiger partial charge in [0.2, 0.25) is 11.8 Å². The van der Waals surface area contributed by atoms with Crippen molar-refractivity contribution < 1.29 is 24.6 Å². The van der Waals surface area contributed by atoms with Crippen LogP contribution in [0.4, 0.5) is 0 Å². The van der Waals surface area contributed by atoms with E-state index in [-0.39, 0.29) is 5.91 Å². The monoisotopic (exact) mass is 334 g/mol. The Morgan fingerprint density at radius 1 is 1.26 bits per heavy atom. The van der Waals surface area contributed by atoms with E-state index < -0.39 is 40.0 Å². The predicted molar refractivity (Wildman–Crippen MR) is 82.3 cm³/mol. The Kier molecular flexibility index (Phi) is 3.77. The van der Waals surface area contributed by atoms with Crippen LogP contribution >= 0.6 is 11.8 Å². The number of hydrogen-bond acceptors (Lipinski definition) is 5. The minimum Gasteiger partial charge on any atom is -0.507 e. The van der Waals surface area contributed by atoms with Gasteiger partial charge in [0.15, 0.2) is 11.5 Å². The maximum Gasteiger partial charge on any atom is 0.356 e. The van der Waals surface area contributed by atoms with Crippen LogP contribution < -0.4 is 5.32 Å². The Morgan fingerprint density at radius 2 is 1.91 bits per heavy atom. The minimum atomic E-state index is -1.40. The normalized spacial score (nSPS) is 26.4. The average Bonchev–Trinajstić information content (AvgIpc) is 2.50. The standard InChI is InChI=1S/C15H14N2O5S/c1-7(18)16-12-11(19)10(15(21)22)17-13(20)9(14(17)23-12)8-5-3-2-4-6-8/h2-6,9,12,14,19H,1H3,(H,16,18)(H,21,22). The first-order chi connectivity index (χ1) is 10.9. The second-order valence-corrected chi connectivity index (χ2v) is 6.47. The smallest absolute Gasteiger partial charge is 0.356 e. The van der Waals surface area contributed by atoms with E-state index in [1.165, 1.54) is 6.92 Å². The molecule has 0 spiro atoms. The number of aliphatic hydroxyl groups excluding tert-OH is 1. The molecule has 2 aliphatic rings. The van der Waals surface area contributed by atoms with Crippen molar-refractivity contribution in [3.05, 3.63) is 47.4 Å². The number of nitrogens with zero attached hydrogens (tertiary/aromatic N) is 1. The van der Waals surface area contributed by atoms with Gasteiger partial charge in [-0.05, 0) is 5.56 Å². The van der Waals surface area contributed by atoms with Crippen molar-refractivity contribution in [2.45, 2.75) is 23.6 Å². The van der Waals surface area contributed by atoms with Gasteiger partial charge in [0.05, 0.1) is 5.92 Å². The lowest BCUT2D eigenvalue weighted by molar-refractivity contribution is -0.149. The summed E-state index contributed by atoms with van der Waals surface area (Å²) in [5.41, 5.74) is 0.309. The minimum absolute atomic E-state index is 0.376. The van der Waals surface area contributed by atoms with Gasteiger partial charge in [-0.25, -0.2) is 4.79 Å². The van der Waals surface area contributed by atoms with Crippen LogP contribution in [0, 0.1) is 0 Å². The summed E-state index contributed by atoms with van der Waals surface area (Å²) in [7, 11) is 0. The van der Waals surface area contributed by atoms with Gasteiger partial charge in [-0.3, -0.25) is 14.5 Å². The van der Waals surface area contributed by atoms with E-state index in [9.17, 15) is 24.6 Å². The molecule has 0 aromatic heterocycles. The van der Waals surface area contributed by atoms with Gasteiger partial charge < -0.3 is 15.5 Å². The topological polar surface area (TPSA) is 107 Å². The van der Waals surface area contributed by atoms with E-state index in [1.807, 2.05) is 6.07 Å². The highest BCUT2D eigenvalue weighted by Gasteiger charge is 2.56. The van der Waals surface area contributed by atoms with E-state index in [2.05, 4.69) is 5.32 Å². The number of thioether (sulfide) groups is 1. The van der Waals surface area contributed by atoms with Crippen molar-refractivity contribution in [1.82, 2.24) is 10.2 Å². The Labute approximate surface area is 136 Å². The van der Waals surface area contributed by atoms with Gasteiger partial charge in [0.25, 0.3) is 0 Å². The predicted octanol–water partition coefficient (Wildman–Crippen LogP) is 1.00. The lowest BCUT2D eigenvalue weighted by Gasteiger charge is -2.50. The average molecular weight is 334 g/mol. The molecule has 3 N–H and O–H groups in total. The van der Waals surface area contributed by atoms with Gasteiger partial charge in [0, 0.05) is 6.92 Å². The zero-order valence-electron chi connectivity index (χ0n) is 12.1. The quantitative estimate of drug-likeness (QED) is 0.712. The molecule has 1 aromatic carbocycles. The number of aliphatic hydroxyl groups is 1. The van der Waals surface area contributed by atoms with Crippen LogP contribution in [0.5, 0.6) is 0 Å². The maximum atomic E-state index is 12.4. The molecule has 1 aromatic rings. The van der Waals surface area contributed by atoms with Crippen LogP contribution in [0.25, 0.3) is 0 Å². The van der Waals surface area contributed by atoms with Gasteiger partial charge in [0.1, 0.15) is 10.7 Å². The van der Waals surface area contributed by atoms with E-state index in [4.69, 9.17) is 0 Å². The molecule has 2 heterocycles. The van der Waals surface area contributed by atoms with Crippen LogP contribution in [0.15, 0.2) is 41.8 Å². The molecule has 0 saturated carbocycles. The van der Waals surface area contributed by atoms with Crippen molar-refractivity contribution in [3.63, 3.8) is 0 Å². The molecule has 0 radical (unpaired) electrons. The van der Waals surface area contributed by atoms with E-state index in [0.717, 1.165) is 22.2 Å². The molecule has 3 rings (SSSR count). The van der Waals surface area contributed by atoms with Crippen molar-refractivity contribution in [3.8, 4) is 0 Å². The van der Waals surface area contributed by atoms with Crippen LogP contribution in [-0.4, -0.2) is 43.6 Å². The van der Waals surface area contributed by atoms with Gasteiger partial charge in [-0.2, -0.15) is 0 Å². The Hall–Kier alpha value is -2.48. The third-order valence-electron chi connectivity index (χ3n) is 3.75. The van der Waals surface area contributed by atoms with Crippen molar-refractivity contribution in [2.24, 2.45) is 0 Å². The number of carbonyl (C=O) groups is 3. The molecule has 0 aliphatic carbocycles. The number of amides is 2. The number of nitrogens with one attached hydrogen (secondary N) is 1. The second kappa shape index (κ2) is 5.62. The summed E-state index contributed by atoms with van der Waals surface area (Å²) in [4.78, 5) is 36.2. The number of rotatable bonds is 3. The van der Waals surface area contributed by atoms with E-state index in [1.54, 1.807) is 24.3 Å². The summed E-state index contributed by atoms with van der Waals surface area (Å²) in [5, 5.41) is 20.6. The molecule has 3 atom stereocenters. The molecule has 8 heteroatoms. The third kappa shape index (κ3) is 2.44. The fourth-order valence-electron chi connectivity index (χ4n) is 2.76. The molecule has 23 heavy (non-hydrogen) atoms. The Bertz CT molecular complexity index is 718. The van der Waals surface area contributed by atoms with Crippen molar-refractivity contribution in [2.75, 3.05) is 0 Å². The van der Waals surface area contributed by atoms with E-state index in [0.29, 0.717) is 0 Å². The van der Waals surface area contributed by atoms with Crippen LogP contribution in [0.2, 0.25) is 0 Å². The fourth-order valence-corrected chi connectivity index (χ4v) is 4.27. The summed E-state index contributed by atoms with van der Waals surface area (Å²) in [6, 6.07) is 9.02. The van der Waals surface area contributed by atoms with Gasteiger partial charge in [-0.1, -0.05) is 30.3 Å². The number of hydrogen-bond donors (Lipinski definition) is 3. The number of aliphatic carboxylic acids is 1. The largest absolute Gasteiger partial charge is 0.507 e. The van der Waals surface area contributed by atoms with Crippen LogP contribution in [0.1, 0.15) is 18.4 Å². The number of fused-ring (bicyclic) bond motifs is 1. The van der Waals surface area contributed by atoms with Crippen molar-refractivity contribution >= 4 is 29.5 Å². The maximum absolute atomic E-state index is 12.4. The molecule has 3 unspecified atom stereocenters. The number of carboxylic acids is 1. The molecule has 2 aliphatic heterocycles. The molecule has 1 fully saturated rings. The van der Waals surface area contributed by atoms with Crippen LogP contribution in [-0.2, 0) is 14.4 Å². The zero-order valence-corrected chi connectivity index (χ0v) is 12.9. The summed E-state index contributed by atoms with van der Waals surface area (Å²) in [6.07, 6.45) is 0. The molecule has 0 bridgehead atoms. The summed E-state index contributed by atoms with van der Waals surface area (Å²) < 4.78 is 0. The molecular formula is C15H14N2O5S. The first-order valence-electron chi connectivity index (χ1n) is 6.89. The highest BCUT2D eigenvalue weighted by Crippen LogP contribution is 2.49. The summed E-state index contributed by atoms with van der Waals surface area (Å²) >= 11 is 1.15. The lowest BCUT2D eigenvalue weighted by atomic mass is 9.89. The summed E-state index contributed by atoms with van der Waals surface area (Å²) in [5.74, 6) is -3.19. The van der Waals surface area contributed by atoms with Crippen LogP contribution in [0.3, 0.4) is 0 Å². The van der Waals surface area contributed by atoms with Gasteiger partial charge in [-0.15, -0.1) is 11.8 Å². The molecule has 7 nitrogen and oxygen atoms in total. The Morgan fingerprint density at radius 3 is 2.48 bits per heavy atom. The number of carbonyl (C=O) groups excluding carboxylic acids is 2. The fraction of sp³-hybridized carbons (Fsp3) is 0.267. The SMILES string of the molecule is CC(=O)NC1SC2C(c3ccccc3)C(=O)N2C(C(=O)O)=C1O. The number of benzene rings is 1. The lowest BCUT2D eigenvalue weighted by Crippen LogP contribution is -2.62. The van der Waals surface area contributed by atoms with Crippen molar-refractivity contribution in [1.29, 1.82) is 0 Å². The first-order valence-corrected chi connectivity index (χ1v) is 7.83. The Balaban J connectivity index is 1.98. The molecule has 1 saturated heterocycles. The molecule has 2 amide bonds. The second-order valence-electron chi connectivity index (χ2n) is 5.24. The zero-order chi connectivity index (χ0) is 16.7. The highest BCUT2D eigenvalue weighted by atomic mass is 32.2. The number of carboxylic acid groups (broad SMARTS) is 1. The number of β-lactam (4-membered cyclic amide) rings is 1. The van der Waals surface area contributed by atoms with E-state index >= 15 is 0 Å². The third-order valence-corrected chi connectivity index (χ3v) is 5.12. The summed E-state index contributed by atoms with van der Waals surface area (Å²) in [6.45, 7) is 1.28.